The summed E-state index contributed by atoms with van der Waals surface area (Å²) < 4.78 is 2.19. The molecule has 1 aliphatic rings. The minimum atomic E-state index is -0.0879. The number of benzene rings is 2. The van der Waals surface area contributed by atoms with Crippen LogP contribution >= 0.6 is 23.5 Å². The Kier molecular flexibility index (Phi) is 4.55. The number of rotatable bonds is 4. The molecule has 4 rings (SSSR count). The molecule has 4 nitrogen and oxygen atoms in total. The van der Waals surface area contributed by atoms with E-state index in [1.165, 1.54) is 0 Å². The number of anilines is 1. The van der Waals surface area contributed by atoms with Crippen LogP contribution < -0.4 is 5.32 Å². The standard InChI is InChI=1S/C19H17N3OS2/c1-24-17-5-3-2-4-15(17)18(23)20-14-8-6-13(7-9-14)16-12-22-10-11-25-19(22)21-16/h2-9,12H,10-11H2,1H3,(H,20,23). The highest BCUT2D eigenvalue weighted by molar-refractivity contribution is 7.99. The molecule has 0 fully saturated rings. The second-order valence-electron chi connectivity index (χ2n) is 5.68. The molecule has 0 aliphatic carbocycles. The fraction of sp³-hybridized carbons (Fsp3) is 0.158. The number of hydrogen-bond acceptors (Lipinski definition) is 4. The van der Waals surface area contributed by atoms with E-state index < -0.39 is 0 Å². The van der Waals surface area contributed by atoms with Gasteiger partial charge in [-0.3, -0.25) is 4.79 Å². The average Bonchev–Trinajstić information content (AvgIpc) is 3.24. The summed E-state index contributed by atoms with van der Waals surface area (Å²) in [6, 6.07) is 15.5. The summed E-state index contributed by atoms with van der Waals surface area (Å²) >= 11 is 3.36. The van der Waals surface area contributed by atoms with Crippen LogP contribution in [0.25, 0.3) is 11.3 Å². The third kappa shape index (κ3) is 3.32. The van der Waals surface area contributed by atoms with Gasteiger partial charge in [0, 0.05) is 34.6 Å². The second-order valence-corrected chi connectivity index (χ2v) is 7.59. The van der Waals surface area contributed by atoms with Crippen molar-refractivity contribution >= 4 is 35.1 Å². The Morgan fingerprint density at radius 3 is 2.76 bits per heavy atom. The number of nitrogens with zero attached hydrogens (tertiary/aromatic N) is 2. The van der Waals surface area contributed by atoms with Crippen LogP contribution in [-0.4, -0.2) is 27.5 Å². The Labute approximate surface area is 155 Å². The number of imidazole rings is 1. The van der Waals surface area contributed by atoms with Crippen LogP contribution in [0.3, 0.4) is 0 Å². The summed E-state index contributed by atoms with van der Waals surface area (Å²) in [6.07, 6.45) is 4.07. The lowest BCUT2D eigenvalue weighted by molar-refractivity contribution is 0.102. The van der Waals surface area contributed by atoms with Gasteiger partial charge in [0.1, 0.15) is 0 Å². The van der Waals surface area contributed by atoms with Gasteiger partial charge in [-0.25, -0.2) is 4.98 Å². The topological polar surface area (TPSA) is 46.9 Å². The summed E-state index contributed by atoms with van der Waals surface area (Å²) in [5, 5.41) is 4.05. The van der Waals surface area contributed by atoms with Gasteiger partial charge in [0.2, 0.25) is 0 Å². The van der Waals surface area contributed by atoms with E-state index in [0.29, 0.717) is 5.56 Å². The molecule has 0 atom stereocenters. The molecule has 1 amide bonds. The zero-order valence-corrected chi connectivity index (χ0v) is 15.4. The number of carbonyl (C=O) groups excluding carboxylic acids is 1. The molecule has 2 heterocycles. The summed E-state index contributed by atoms with van der Waals surface area (Å²) in [4.78, 5) is 18.1. The van der Waals surface area contributed by atoms with E-state index in [4.69, 9.17) is 0 Å². The largest absolute Gasteiger partial charge is 0.325 e. The van der Waals surface area contributed by atoms with Crippen molar-refractivity contribution in [3.8, 4) is 11.3 Å². The van der Waals surface area contributed by atoms with E-state index in [2.05, 4.69) is 21.1 Å². The molecular weight excluding hydrogens is 350 g/mol. The highest BCUT2D eigenvalue weighted by atomic mass is 32.2. The molecule has 25 heavy (non-hydrogen) atoms. The number of fused-ring (bicyclic) bond motifs is 1. The molecular formula is C19H17N3OS2. The van der Waals surface area contributed by atoms with Crippen molar-refractivity contribution in [3.63, 3.8) is 0 Å². The molecule has 0 spiro atoms. The second kappa shape index (κ2) is 6.98. The number of nitrogens with one attached hydrogen (secondary N) is 1. The Morgan fingerprint density at radius 2 is 2.00 bits per heavy atom. The smallest absolute Gasteiger partial charge is 0.256 e. The van der Waals surface area contributed by atoms with Gasteiger partial charge in [-0.05, 0) is 30.5 Å². The first kappa shape index (κ1) is 16.3. The molecule has 0 saturated carbocycles. The van der Waals surface area contributed by atoms with E-state index in [9.17, 15) is 4.79 Å². The molecule has 3 aromatic rings. The molecule has 1 N–H and O–H groups in total. The van der Waals surface area contributed by atoms with Crippen LogP contribution in [0.5, 0.6) is 0 Å². The molecule has 1 aliphatic heterocycles. The molecule has 1 aromatic heterocycles. The number of aromatic nitrogens is 2. The number of hydrogen-bond donors (Lipinski definition) is 1. The van der Waals surface area contributed by atoms with Crippen LogP contribution in [0.1, 0.15) is 10.4 Å². The SMILES string of the molecule is CSc1ccccc1C(=O)Nc1ccc(-c2cn3c(n2)SCC3)cc1. The van der Waals surface area contributed by atoms with Crippen molar-refractivity contribution in [2.75, 3.05) is 17.3 Å². The number of thioether (sulfide) groups is 2. The van der Waals surface area contributed by atoms with Crippen molar-refractivity contribution in [3.05, 3.63) is 60.3 Å². The van der Waals surface area contributed by atoms with Crippen molar-refractivity contribution < 1.29 is 4.79 Å². The molecule has 2 aromatic carbocycles. The maximum atomic E-state index is 12.5. The van der Waals surface area contributed by atoms with Crippen molar-refractivity contribution in [2.24, 2.45) is 0 Å². The third-order valence-corrected chi connectivity index (χ3v) is 5.86. The quantitative estimate of drug-likeness (QED) is 0.683. The zero-order valence-electron chi connectivity index (χ0n) is 13.7. The van der Waals surface area contributed by atoms with Gasteiger partial charge in [0.25, 0.3) is 5.91 Å². The molecule has 0 saturated heterocycles. The van der Waals surface area contributed by atoms with Gasteiger partial charge in [0.05, 0.1) is 11.3 Å². The summed E-state index contributed by atoms with van der Waals surface area (Å²) in [6.45, 7) is 1.02. The Hall–Kier alpha value is -2.18. The summed E-state index contributed by atoms with van der Waals surface area (Å²) in [5.74, 6) is 1.01. The van der Waals surface area contributed by atoms with Gasteiger partial charge in [-0.2, -0.15) is 0 Å². The highest BCUT2D eigenvalue weighted by Crippen LogP contribution is 2.29. The Bertz CT molecular complexity index is 897. The summed E-state index contributed by atoms with van der Waals surface area (Å²) in [7, 11) is 0. The number of carbonyl (C=O) groups is 1. The Balaban J connectivity index is 1.51. The first-order chi connectivity index (χ1) is 12.2. The van der Waals surface area contributed by atoms with Crippen LogP contribution in [0.15, 0.2) is 64.8 Å². The molecule has 0 radical (unpaired) electrons. The Morgan fingerprint density at radius 1 is 1.20 bits per heavy atom. The van der Waals surface area contributed by atoms with E-state index >= 15 is 0 Å². The van der Waals surface area contributed by atoms with Gasteiger partial charge >= 0.3 is 0 Å². The van der Waals surface area contributed by atoms with Gasteiger partial charge in [0.15, 0.2) is 5.16 Å². The summed E-state index contributed by atoms with van der Waals surface area (Å²) in [5.41, 5.74) is 3.52. The first-order valence-corrected chi connectivity index (χ1v) is 10.2. The van der Waals surface area contributed by atoms with Gasteiger partial charge in [-0.15, -0.1) is 11.8 Å². The molecule has 0 unspecified atom stereocenters. The van der Waals surface area contributed by atoms with Crippen LogP contribution in [-0.2, 0) is 6.54 Å². The van der Waals surface area contributed by atoms with Gasteiger partial charge < -0.3 is 9.88 Å². The molecule has 6 heteroatoms. The maximum absolute atomic E-state index is 12.5. The predicted molar refractivity (Wildman–Crippen MR) is 105 cm³/mol. The fourth-order valence-corrected chi connectivity index (χ4v) is 4.34. The van der Waals surface area contributed by atoms with E-state index in [1.807, 2.05) is 54.8 Å². The van der Waals surface area contributed by atoms with Crippen molar-refractivity contribution in [1.29, 1.82) is 0 Å². The highest BCUT2D eigenvalue weighted by Gasteiger charge is 2.15. The average molecular weight is 367 g/mol. The lowest BCUT2D eigenvalue weighted by atomic mass is 10.1. The predicted octanol–water partition coefficient (Wildman–Crippen LogP) is 4.63. The van der Waals surface area contributed by atoms with Crippen molar-refractivity contribution in [2.45, 2.75) is 16.6 Å². The van der Waals surface area contributed by atoms with Gasteiger partial charge in [-0.1, -0.05) is 36.0 Å². The van der Waals surface area contributed by atoms with E-state index in [-0.39, 0.29) is 5.91 Å². The normalized spacial score (nSPS) is 12.8. The van der Waals surface area contributed by atoms with E-state index in [0.717, 1.165) is 39.3 Å². The molecule has 126 valence electrons. The monoisotopic (exact) mass is 367 g/mol. The lowest BCUT2D eigenvalue weighted by Crippen LogP contribution is -2.12. The third-order valence-electron chi connectivity index (χ3n) is 4.09. The first-order valence-electron chi connectivity index (χ1n) is 7.99. The lowest BCUT2D eigenvalue weighted by Gasteiger charge is -2.09. The number of amides is 1. The van der Waals surface area contributed by atoms with Crippen LogP contribution in [0.4, 0.5) is 5.69 Å². The van der Waals surface area contributed by atoms with Crippen LogP contribution in [0, 0.1) is 0 Å². The minimum Gasteiger partial charge on any atom is -0.325 e. The van der Waals surface area contributed by atoms with Crippen LogP contribution in [0.2, 0.25) is 0 Å². The maximum Gasteiger partial charge on any atom is 0.256 e. The molecule has 0 bridgehead atoms. The zero-order chi connectivity index (χ0) is 17.2. The van der Waals surface area contributed by atoms with E-state index in [1.54, 1.807) is 23.5 Å². The fourth-order valence-electron chi connectivity index (χ4n) is 2.80. The number of aryl methyl sites for hydroxylation is 1. The van der Waals surface area contributed by atoms with Crippen molar-refractivity contribution in [1.82, 2.24) is 9.55 Å². The minimum absolute atomic E-state index is 0.0879.